The van der Waals surface area contributed by atoms with Crippen LogP contribution in [0, 0.1) is 0 Å². The van der Waals surface area contributed by atoms with Crippen LogP contribution in [0.15, 0.2) is 24.3 Å². The number of amides is 2. The van der Waals surface area contributed by atoms with Crippen molar-refractivity contribution in [3.8, 4) is 0 Å². The van der Waals surface area contributed by atoms with Gasteiger partial charge in [0, 0.05) is 37.8 Å². The van der Waals surface area contributed by atoms with Gasteiger partial charge in [-0.05, 0) is 39.3 Å². The maximum Gasteiger partial charge on any atom is 0.335 e. The zero-order chi connectivity index (χ0) is 14.7. The Morgan fingerprint density at radius 1 is 1.30 bits per heavy atom. The molecule has 0 fully saturated rings. The van der Waals surface area contributed by atoms with Crippen LogP contribution in [0.25, 0.3) is 0 Å². The van der Waals surface area contributed by atoms with Gasteiger partial charge in [0.25, 0.3) is 0 Å². The van der Waals surface area contributed by atoms with Gasteiger partial charge in [-0.3, -0.25) is 0 Å². The lowest BCUT2D eigenvalue weighted by molar-refractivity contribution is 0.213. The van der Waals surface area contributed by atoms with E-state index in [-0.39, 0.29) is 6.03 Å². The molecule has 1 aliphatic rings. The minimum Gasteiger partial charge on any atom is -0.324 e. The number of fused-ring (bicyclic) bond motifs is 1. The average molecular weight is 293 g/mol. The van der Waals surface area contributed by atoms with Crippen LogP contribution in [0.3, 0.4) is 0 Å². The van der Waals surface area contributed by atoms with Gasteiger partial charge in [-0.2, -0.15) is 0 Å². The standard InChI is InChI=1S/C15H23N3OS/c1-5-16(6-2)15(19)18-14-10-8-7-9-13(14)11-17(20-18)12(3)4/h7-10,12H,5-6,11H2,1-4H3. The maximum absolute atomic E-state index is 12.7. The summed E-state index contributed by atoms with van der Waals surface area (Å²) in [7, 11) is 0. The van der Waals surface area contributed by atoms with Crippen molar-refractivity contribution in [1.82, 2.24) is 9.21 Å². The van der Waals surface area contributed by atoms with Crippen LogP contribution in [0.4, 0.5) is 10.5 Å². The first-order chi connectivity index (χ1) is 9.58. The molecule has 0 aromatic heterocycles. The number of hydrogen-bond acceptors (Lipinski definition) is 3. The number of rotatable bonds is 3. The van der Waals surface area contributed by atoms with Gasteiger partial charge in [-0.15, -0.1) is 0 Å². The third-order valence-electron chi connectivity index (χ3n) is 3.51. The van der Waals surface area contributed by atoms with Gasteiger partial charge in [0.05, 0.1) is 5.69 Å². The predicted molar refractivity (Wildman–Crippen MR) is 85.5 cm³/mol. The van der Waals surface area contributed by atoms with Gasteiger partial charge >= 0.3 is 6.03 Å². The van der Waals surface area contributed by atoms with Crippen molar-refractivity contribution in [2.45, 2.75) is 40.3 Å². The second kappa shape index (κ2) is 6.50. The molecule has 0 aliphatic carbocycles. The van der Waals surface area contributed by atoms with Gasteiger partial charge in [-0.25, -0.2) is 13.4 Å². The molecule has 0 spiro atoms. The lowest BCUT2D eigenvalue weighted by Gasteiger charge is -2.38. The van der Waals surface area contributed by atoms with E-state index in [4.69, 9.17) is 0 Å². The highest BCUT2D eigenvalue weighted by atomic mass is 32.2. The number of para-hydroxylation sites is 1. The summed E-state index contributed by atoms with van der Waals surface area (Å²) >= 11 is 1.52. The molecule has 2 rings (SSSR count). The van der Waals surface area contributed by atoms with Gasteiger partial charge in [0.1, 0.15) is 0 Å². The van der Waals surface area contributed by atoms with Crippen LogP contribution in [0.5, 0.6) is 0 Å². The number of carbonyl (C=O) groups excluding carboxylic acids is 1. The van der Waals surface area contributed by atoms with Crippen LogP contribution in [0.1, 0.15) is 33.3 Å². The summed E-state index contributed by atoms with van der Waals surface area (Å²) in [4.78, 5) is 14.6. The first kappa shape index (κ1) is 15.2. The lowest BCUT2D eigenvalue weighted by atomic mass is 10.1. The van der Waals surface area contributed by atoms with Crippen LogP contribution in [-0.2, 0) is 6.54 Å². The van der Waals surface area contributed by atoms with E-state index in [2.05, 4.69) is 24.2 Å². The Balaban J connectivity index is 2.33. The van der Waals surface area contributed by atoms with Gasteiger partial charge in [-0.1, -0.05) is 18.2 Å². The molecule has 0 unspecified atom stereocenters. The van der Waals surface area contributed by atoms with Crippen molar-refractivity contribution in [3.63, 3.8) is 0 Å². The Bertz CT molecular complexity index is 474. The quantitative estimate of drug-likeness (QED) is 0.794. The average Bonchev–Trinajstić information content (AvgIpc) is 2.47. The summed E-state index contributed by atoms with van der Waals surface area (Å²) in [5, 5.41) is 0. The third kappa shape index (κ3) is 2.94. The summed E-state index contributed by atoms with van der Waals surface area (Å²) in [5.74, 6) is 0. The van der Waals surface area contributed by atoms with Crippen LogP contribution < -0.4 is 4.31 Å². The normalized spacial score (nSPS) is 15.3. The number of hydrogen-bond donors (Lipinski definition) is 0. The molecule has 0 saturated carbocycles. The molecule has 5 heteroatoms. The third-order valence-corrected chi connectivity index (χ3v) is 4.78. The Kier molecular flexibility index (Phi) is 4.94. The highest BCUT2D eigenvalue weighted by molar-refractivity contribution is 7.99. The Labute approximate surface area is 126 Å². The Morgan fingerprint density at radius 3 is 2.55 bits per heavy atom. The number of benzene rings is 1. The first-order valence-electron chi connectivity index (χ1n) is 7.20. The van der Waals surface area contributed by atoms with E-state index in [9.17, 15) is 4.79 Å². The molecule has 110 valence electrons. The van der Waals surface area contributed by atoms with Crippen LogP contribution in [0.2, 0.25) is 0 Å². The Morgan fingerprint density at radius 2 is 1.95 bits per heavy atom. The van der Waals surface area contributed by atoms with Gasteiger partial charge in [0.2, 0.25) is 0 Å². The van der Waals surface area contributed by atoms with Crippen LogP contribution in [-0.4, -0.2) is 34.4 Å². The zero-order valence-electron chi connectivity index (χ0n) is 12.7. The summed E-state index contributed by atoms with van der Waals surface area (Å²) in [5.41, 5.74) is 2.23. The number of carbonyl (C=O) groups is 1. The maximum atomic E-state index is 12.7. The Hall–Kier alpha value is -1.20. The monoisotopic (exact) mass is 293 g/mol. The summed E-state index contributed by atoms with van der Waals surface area (Å²) in [6, 6.07) is 8.62. The van der Waals surface area contributed by atoms with E-state index in [1.165, 1.54) is 17.7 Å². The largest absolute Gasteiger partial charge is 0.335 e. The van der Waals surface area contributed by atoms with Crippen molar-refractivity contribution in [3.05, 3.63) is 29.8 Å². The molecule has 0 bridgehead atoms. The molecule has 1 heterocycles. The fraction of sp³-hybridized carbons (Fsp3) is 0.533. The molecule has 1 aliphatic heterocycles. The van der Waals surface area contributed by atoms with E-state index in [1.807, 2.05) is 41.3 Å². The molecule has 0 atom stereocenters. The molecule has 0 N–H and O–H groups in total. The lowest BCUT2D eigenvalue weighted by Crippen LogP contribution is -2.44. The fourth-order valence-corrected chi connectivity index (χ4v) is 3.27. The molecule has 4 nitrogen and oxygen atoms in total. The van der Waals surface area contributed by atoms with E-state index in [0.717, 1.165) is 25.3 Å². The summed E-state index contributed by atoms with van der Waals surface area (Å²) < 4.78 is 4.07. The van der Waals surface area contributed by atoms with E-state index in [0.29, 0.717) is 6.04 Å². The van der Waals surface area contributed by atoms with Crippen molar-refractivity contribution in [1.29, 1.82) is 0 Å². The highest BCUT2D eigenvalue weighted by Gasteiger charge is 2.31. The minimum absolute atomic E-state index is 0.0674. The van der Waals surface area contributed by atoms with E-state index >= 15 is 0 Å². The molecule has 20 heavy (non-hydrogen) atoms. The molecule has 0 radical (unpaired) electrons. The summed E-state index contributed by atoms with van der Waals surface area (Å²) in [6.45, 7) is 10.7. The first-order valence-corrected chi connectivity index (χ1v) is 7.93. The second-order valence-electron chi connectivity index (χ2n) is 5.13. The van der Waals surface area contributed by atoms with Crippen molar-refractivity contribution < 1.29 is 4.79 Å². The molecule has 2 amide bonds. The smallest absolute Gasteiger partial charge is 0.324 e. The number of nitrogens with zero attached hydrogens (tertiary/aromatic N) is 3. The predicted octanol–water partition coefficient (Wildman–Crippen LogP) is 3.74. The number of anilines is 1. The SMILES string of the molecule is CCN(CC)C(=O)N1SN(C(C)C)Cc2ccccc21. The minimum atomic E-state index is 0.0674. The second-order valence-corrected chi connectivity index (χ2v) is 6.13. The fourth-order valence-electron chi connectivity index (χ4n) is 2.23. The molecule has 0 saturated heterocycles. The number of urea groups is 1. The molecule has 1 aromatic carbocycles. The topological polar surface area (TPSA) is 26.8 Å². The molecular formula is C15H23N3OS. The molecule has 1 aromatic rings. The van der Waals surface area contributed by atoms with E-state index in [1.54, 1.807) is 0 Å². The van der Waals surface area contributed by atoms with Crippen LogP contribution >= 0.6 is 12.1 Å². The van der Waals surface area contributed by atoms with Crippen molar-refractivity contribution in [2.24, 2.45) is 0 Å². The van der Waals surface area contributed by atoms with E-state index < -0.39 is 0 Å². The summed E-state index contributed by atoms with van der Waals surface area (Å²) in [6.07, 6.45) is 0. The van der Waals surface area contributed by atoms with Gasteiger partial charge in [0.15, 0.2) is 0 Å². The molecular weight excluding hydrogens is 270 g/mol. The van der Waals surface area contributed by atoms with Crippen molar-refractivity contribution in [2.75, 3.05) is 17.4 Å². The zero-order valence-corrected chi connectivity index (χ0v) is 13.5. The van der Waals surface area contributed by atoms with Crippen molar-refractivity contribution >= 4 is 23.9 Å². The highest BCUT2D eigenvalue weighted by Crippen LogP contribution is 2.37. The van der Waals surface area contributed by atoms with Gasteiger partial charge < -0.3 is 4.90 Å².